The van der Waals surface area contributed by atoms with Gasteiger partial charge in [0.15, 0.2) is 5.82 Å². The minimum atomic E-state index is 0.331. The highest BCUT2D eigenvalue weighted by molar-refractivity contribution is 5.35. The highest BCUT2D eigenvalue weighted by Gasteiger charge is 2.29. The van der Waals surface area contributed by atoms with Crippen molar-refractivity contribution < 1.29 is 4.52 Å². The Hall–Kier alpha value is -1.95. The second kappa shape index (κ2) is 6.66. The molecule has 23 heavy (non-hydrogen) atoms. The molecule has 1 aliphatic rings. The molecule has 0 amide bonds. The predicted octanol–water partition coefficient (Wildman–Crippen LogP) is 2.74. The summed E-state index contributed by atoms with van der Waals surface area (Å²) in [6.07, 6.45) is 3.22. The van der Waals surface area contributed by atoms with E-state index in [0.29, 0.717) is 6.04 Å². The number of hydrogen-bond donors (Lipinski definition) is 0. The maximum absolute atomic E-state index is 5.37. The summed E-state index contributed by atoms with van der Waals surface area (Å²) >= 11 is 0. The summed E-state index contributed by atoms with van der Waals surface area (Å²) in [5, 5.41) is 12.9. The van der Waals surface area contributed by atoms with Crippen LogP contribution >= 0.6 is 0 Å². The molecule has 1 fully saturated rings. The van der Waals surface area contributed by atoms with Gasteiger partial charge in [-0.2, -0.15) is 5.10 Å². The Labute approximate surface area is 137 Å². The molecule has 0 radical (unpaired) electrons. The minimum absolute atomic E-state index is 0.331. The zero-order valence-corrected chi connectivity index (χ0v) is 14.4. The first-order chi connectivity index (χ1) is 11.1. The molecule has 2 aromatic heterocycles. The highest BCUT2D eigenvalue weighted by Crippen LogP contribution is 2.33. The summed E-state index contributed by atoms with van der Waals surface area (Å²) in [5.74, 6) is 1.82. The standard InChI is InChI=1S/C17H25N5O/c1-5-14-13(12(2)23-20-14)11-22-10-6-7-16(22)15-8-9-17(19-18-15)21(3)4/h8-9,16H,5-7,10-11H2,1-4H3. The number of aryl methyl sites for hydroxylation is 2. The smallest absolute Gasteiger partial charge is 0.150 e. The van der Waals surface area contributed by atoms with Crippen LogP contribution in [0.25, 0.3) is 0 Å². The lowest BCUT2D eigenvalue weighted by Crippen LogP contribution is -2.24. The minimum Gasteiger partial charge on any atom is -0.361 e. The molecule has 3 rings (SSSR count). The van der Waals surface area contributed by atoms with Crippen molar-refractivity contribution in [2.45, 2.75) is 45.7 Å². The Morgan fingerprint density at radius 1 is 1.30 bits per heavy atom. The van der Waals surface area contributed by atoms with Crippen LogP contribution in [0.3, 0.4) is 0 Å². The van der Waals surface area contributed by atoms with Crippen molar-refractivity contribution in [2.24, 2.45) is 0 Å². The first-order valence-corrected chi connectivity index (χ1v) is 8.29. The molecule has 6 nitrogen and oxygen atoms in total. The second-order valence-corrected chi connectivity index (χ2v) is 6.36. The van der Waals surface area contributed by atoms with Crippen LogP contribution in [0.2, 0.25) is 0 Å². The van der Waals surface area contributed by atoms with E-state index in [9.17, 15) is 0 Å². The molecule has 124 valence electrons. The maximum atomic E-state index is 5.37. The van der Waals surface area contributed by atoms with Crippen LogP contribution in [-0.2, 0) is 13.0 Å². The van der Waals surface area contributed by atoms with Gasteiger partial charge in [0.1, 0.15) is 5.76 Å². The van der Waals surface area contributed by atoms with Crippen LogP contribution < -0.4 is 4.90 Å². The van der Waals surface area contributed by atoms with Crippen LogP contribution in [-0.4, -0.2) is 40.9 Å². The van der Waals surface area contributed by atoms with E-state index >= 15 is 0 Å². The molecular weight excluding hydrogens is 290 g/mol. The quantitative estimate of drug-likeness (QED) is 0.845. The Morgan fingerprint density at radius 2 is 2.13 bits per heavy atom. The van der Waals surface area contributed by atoms with Crippen LogP contribution in [0.15, 0.2) is 16.7 Å². The third-order valence-electron chi connectivity index (χ3n) is 4.60. The molecule has 0 aliphatic carbocycles. The Morgan fingerprint density at radius 3 is 2.78 bits per heavy atom. The summed E-state index contributed by atoms with van der Waals surface area (Å²) in [6.45, 7) is 6.07. The molecule has 1 aliphatic heterocycles. The Balaban J connectivity index is 1.78. The Bertz CT molecular complexity index is 650. The zero-order chi connectivity index (χ0) is 16.4. The summed E-state index contributed by atoms with van der Waals surface area (Å²) < 4.78 is 5.37. The molecule has 0 saturated carbocycles. The fourth-order valence-corrected chi connectivity index (χ4v) is 3.22. The van der Waals surface area contributed by atoms with Crippen molar-refractivity contribution in [3.63, 3.8) is 0 Å². The average Bonchev–Trinajstić information content (AvgIpc) is 3.15. The van der Waals surface area contributed by atoms with Gasteiger partial charge in [-0.25, -0.2) is 0 Å². The van der Waals surface area contributed by atoms with Gasteiger partial charge >= 0.3 is 0 Å². The number of rotatable bonds is 5. The van der Waals surface area contributed by atoms with Crippen molar-refractivity contribution in [2.75, 3.05) is 25.5 Å². The molecule has 1 unspecified atom stereocenters. The van der Waals surface area contributed by atoms with Gasteiger partial charge in [0, 0.05) is 26.2 Å². The third kappa shape index (κ3) is 3.22. The highest BCUT2D eigenvalue weighted by atomic mass is 16.5. The van der Waals surface area contributed by atoms with E-state index in [1.807, 2.05) is 32.0 Å². The van der Waals surface area contributed by atoms with Crippen molar-refractivity contribution in [3.8, 4) is 0 Å². The maximum Gasteiger partial charge on any atom is 0.150 e. The first kappa shape index (κ1) is 15.9. The lowest BCUT2D eigenvalue weighted by Gasteiger charge is -2.24. The summed E-state index contributed by atoms with van der Waals surface area (Å²) in [5.41, 5.74) is 3.36. The summed E-state index contributed by atoms with van der Waals surface area (Å²) in [4.78, 5) is 4.44. The molecule has 1 atom stereocenters. The van der Waals surface area contributed by atoms with E-state index < -0.39 is 0 Å². The number of anilines is 1. The molecule has 0 bridgehead atoms. The molecule has 0 N–H and O–H groups in total. The van der Waals surface area contributed by atoms with Crippen molar-refractivity contribution >= 4 is 5.82 Å². The van der Waals surface area contributed by atoms with E-state index in [1.54, 1.807) is 0 Å². The average molecular weight is 315 g/mol. The fraction of sp³-hybridized carbons (Fsp3) is 0.588. The normalized spacial score (nSPS) is 18.5. The van der Waals surface area contributed by atoms with E-state index in [4.69, 9.17) is 4.52 Å². The van der Waals surface area contributed by atoms with Gasteiger partial charge < -0.3 is 9.42 Å². The van der Waals surface area contributed by atoms with Gasteiger partial charge in [0.25, 0.3) is 0 Å². The van der Waals surface area contributed by atoms with Gasteiger partial charge in [-0.15, -0.1) is 5.10 Å². The monoisotopic (exact) mass is 315 g/mol. The van der Waals surface area contributed by atoms with E-state index in [2.05, 4.69) is 33.2 Å². The van der Waals surface area contributed by atoms with Crippen molar-refractivity contribution in [3.05, 3.63) is 34.8 Å². The summed E-state index contributed by atoms with van der Waals surface area (Å²) in [6, 6.07) is 4.48. The van der Waals surface area contributed by atoms with Crippen LogP contribution in [0.5, 0.6) is 0 Å². The number of aromatic nitrogens is 3. The van der Waals surface area contributed by atoms with Gasteiger partial charge in [-0.05, 0) is 44.9 Å². The van der Waals surface area contributed by atoms with E-state index in [0.717, 1.165) is 48.9 Å². The van der Waals surface area contributed by atoms with Crippen molar-refractivity contribution in [1.82, 2.24) is 20.3 Å². The SMILES string of the molecule is CCc1noc(C)c1CN1CCCC1c1ccc(N(C)C)nn1. The number of hydrogen-bond acceptors (Lipinski definition) is 6. The number of likely N-dealkylation sites (tertiary alicyclic amines) is 1. The molecule has 0 spiro atoms. The second-order valence-electron chi connectivity index (χ2n) is 6.36. The summed E-state index contributed by atoms with van der Waals surface area (Å²) in [7, 11) is 3.96. The zero-order valence-electron chi connectivity index (χ0n) is 14.4. The van der Waals surface area contributed by atoms with E-state index in [1.165, 1.54) is 12.0 Å². The molecule has 1 saturated heterocycles. The topological polar surface area (TPSA) is 58.3 Å². The molecule has 2 aromatic rings. The lowest BCUT2D eigenvalue weighted by atomic mass is 10.1. The van der Waals surface area contributed by atoms with Gasteiger partial charge in [-0.3, -0.25) is 4.90 Å². The first-order valence-electron chi connectivity index (χ1n) is 8.29. The Kier molecular flexibility index (Phi) is 4.61. The van der Waals surface area contributed by atoms with Crippen LogP contribution in [0.4, 0.5) is 5.82 Å². The molecule has 3 heterocycles. The third-order valence-corrected chi connectivity index (χ3v) is 4.60. The molecule has 0 aromatic carbocycles. The van der Waals surface area contributed by atoms with Gasteiger partial charge in [-0.1, -0.05) is 12.1 Å². The van der Waals surface area contributed by atoms with Crippen LogP contribution in [0.1, 0.15) is 48.5 Å². The van der Waals surface area contributed by atoms with Crippen molar-refractivity contribution in [1.29, 1.82) is 0 Å². The predicted molar refractivity (Wildman–Crippen MR) is 89.4 cm³/mol. The van der Waals surface area contributed by atoms with E-state index in [-0.39, 0.29) is 0 Å². The lowest BCUT2D eigenvalue weighted by molar-refractivity contribution is 0.241. The fourth-order valence-electron chi connectivity index (χ4n) is 3.22. The van der Waals surface area contributed by atoms with Crippen LogP contribution in [0, 0.1) is 6.92 Å². The van der Waals surface area contributed by atoms with Gasteiger partial charge in [0.05, 0.1) is 17.4 Å². The number of nitrogens with zero attached hydrogens (tertiary/aromatic N) is 5. The van der Waals surface area contributed by atoms with Gasteiger partial charge in [0.2, 0.25) is 0 Å². The largest absolute Gasteiger partial charge is 0.361 e. The molecular formula is C17H25N5O. The molecule has 6 heteroatoms.